The molecular formula is C22H17ClF3NO3. The van der Waals surface area contributed by atoms with Gasteiger partial charge in [-0.3, -0.25) is 4.79 Å². The molecule has 0 saturated heterocycles. The summed E-state index contributed by atoms with van der Waals surface area (Å²) < 4.78 is 44.7. The fourth-order valence-corrected chi connectivity index (χ4v) is 3.02. The molecule has 156 valence electrons. The van der Waals surface area contributed by atoms with Crippen molar-refractivity contribution in [3.05, 3.63) is 88.4 Å². The van der Waals surface area contributed by atoms with Gasteiger partial charge in [0, 0.05) is 23.2 Å². The molecule has 0 unspecified atom stereocenters. The van der Waals surface area contributed by atoms with Gasteiger partial charge in [-0.2, -0.15) is 13.2 Å². The Morgan fingerprint density at radius 1 is 1.03 bits per heavy atom. The molecule has 0 heterocycles. The number of carbonyl (C=O) groups excluding carboxylic acids is 1. The highest BCUT2D eigenvalue weighted by molar-refractivity contribution is 6.31. The van der Waals surface area contributed by atoms with Crippen molar-refractivity contribution >= 4 is 23.2 Å². The number of phenolic OH excluding ortho intramolecular Hbond substituents is 1. The van der Waals surface area contributed by atoms with Crippen molar-refractivity contribution in [1.82, 2.24) is 0 Å². The minimum absolute atomic E-state index is 0.0116. The highest BCUT2D eigenvalue weighted by atomic mass is 35.5. The molecule has 4 nitrogen and oxygen atoms in total. The molecule has 0 aliphatic heterocycles. The lowest BCUT2D eigenvalue weighted by Crippen LogP contribution is -2.13. The molecule has 3 aromatic carbocycles. The first kappa shape index (κ1) is 21.5. The quantitative estimate of drug-likeness (QED) is 0.504. The van der Waals surface area contributed by atoms with E-state index >= 15 is 0 Å². The third-order valence-corrected chi connectivity index (χ3v) is 4.49. The van der Waals surface area contributed by atoms with Gasteiger partial charge >= 0.3 is 6.18 Å². The van der Waals surface area contributed by atoms with Crippen LogP contribution in [-0.2, 0) is 12.6 Å². The summed E-state index contributed by atoms with van der Waals surface area (Å²) in [6, 6.07) is 15.9. The van der Waals surface area contributed by atoms with Crippen molar-refractivity contribution in [1.29, 1.82) is 0 Å². The van der Waals surface area contributed by atoms with Crippen molar-refractivity contribution in [2.75, 3.05) is 11.9 Å². The van der Waals surface area contributed by atoms with Crippen LogP contribution in [0.4, 0.5) is 18.9 Å². The Kier molecular flexibility index (Phi) is 6.52. The average Bonchev–Trinajstić information content (AvgIpc) is 2.69. The van der Waals surface area contributed by atoms with E-state index in [1.165, 1.54) is 36.4 Å². The molecule has 8 heteroatoms. The Bertz CT molecular complexity index is 1050. The summed E-state index contributed by atoms with van der Waals surface area (Å²) in [5, 5.41) is 12.7. The van der Waals surface area contributed by atoms with E-state index in [4.69, 9.17) is 16.3 Å². The maximum Gasteiger partial charge on any atom is 0.416 e. The molecule has 0 aliphatic rings. The van der Waals surface area contributed by atoms with E-state index in [-0.39, 0.29) is 29.9 Å². The zero-order chi connectivity index (χ0) is 21.7. The van der Waals surface area contributed by atoms with E-state index in [1.807, 2.05) is 0 Å². The van der Waals surface area contributed by atoms with Crippen molar-refractivity contribution < 1.29 is 27.8 Å². The van der Waals surface area contributed by atoms with Crippen LogP contribution in [0.25, 0.3) is 0 Å². The second-order valence-electron chi connectivity index (χ2n) is 6.40. The average molecular weight is 436 g/mol. The second-order valence-corrected chi connectivity index (χ2v) is 6.83. The van der Waals surface area contributed by atoms with Crippen LogP contribution in [0.5, 0.6) is 11.5 Å². The molecule has 3 aromatic rings. The molecule has 0 saturated carbocycles. The Balaban J connectivity index is 1.64. The number of rotatable bonds is 6. The summed E-state index contributed by atoms with van der Waals surface area (Å²) in [6.45, 7) is 0.0274. The number of halogens is 4. The predicted molar refractivity (Wildman–Crippen MR) is 108 cm³/mol. The molecule has 0 spiro atoms. The molecule has 30 heavy (non-hydrogen) atoms. The lowest BCUT2D eigenvalue weighted by Gasteiger charge is -2.13. The van der Waals surface area contributed by atoms with Crippen LogP contribution in [0.15, 0.2) is 66.7 Å². The van der Waals surface area contributed by atoms with E-state index in [2.05, 4.69) is 5.32 Å². The van der Waals surface area contributed by atoms with Crippen LogP contribution in [0.1, 0.15) is 21.5 Å². The highest BCUT2D eigenvalue weighted by Crippen LogP contribution is 2.32. The minimum atomic E-state index is -4.42. The Morgan fingerprint density at radius 3 is 2.57 bits per heavy atom. The number of benzene rings is 3. The first-order chi connectivity index (χ1) is 14.2. The zero-order valence-corrected chi connectivity index (χ0v) is 16.3. The number of nitrogens with one attached hydrogen (secondary N) is 1. The lowest BCUT2D eigenvalue weighted by atomic mass is 10.0. The van der Waals surface area contributed by atoms with E-state index in [0.717, 1.165) is 6.07 Å². The van der Waals surface area contributed by atoms with E-state index in [1.54, 1.807) is 24.3 Å². The number of phenols is 1. The third-order valence-electron chi connectivity index (χ3n) is 4.26. The van der Waals surface area contributed by atoms with E-state index in [9.17, 15) is 23.1 Å². The summed E-state index contributed by atoms with van der Waals surface area (Å²) in [7, 11) is 0. The smallest absolute Gasteiger partial charge is 0.416 e. The molecule has 0 bridgehead atoms. The molecule has 0 atom stereocenters. The summed E-state index contributed by atoms with van der Waals surface area (Å²) in [5.41, 5.74) is -0.132. The van der Waals surface area contributed by atoms with Crippen LogP contribution in [0, 0.1) is 0 Å². The molecule has 0 fully saturated rings. The van der Waals surface area contributed by atoms with Gasteiger partial charge in [-0.05, 0) is 42.0 Å². The zero-order valence-electron chi connectivity index (χ0n) is 15.5. The maximum atomic E-state index is 13.1. The monoisotopic (exact) mass is 435 g/mol. The third kappa shape index (κ3) is 5.45. The van der Waals surface area contributed by atoms with Gasteiger partial charge in [0.25, 0.3) is 5.91 Å². The fraction of sp³-hybridized carbons (Fsp3) is 0.136. The molecule has 2 N–H and O–H groups in total. The van der Waals surface area contributed by atoms with Crippen molar-refractivity contribution in [3.8, 4) is 11.5 Å². The number of hydrogen-bond acceptors (Lipinski definition) is 3. The van der Waals surface area contributed by atoms with Crippen LogP contribution < -0.4 is 10.1 Å². The normalized spacial score (nSPS) is 11.2. The van der Waals surface area contributed by atoms with E-state index in [0.29, 0.717) is 16.5 Å². The van der Waals surface area contributed by atoms with Gasteiger partial charge in [-0.1, -0.05) is 35.9 Å². The number of anilines is 1. The second kappa shape index (κ2) is 9.09. The van der Waals surface area contributed by atoms with Gasteiger partial charge in [0.1, 0.15) is 11.5 Å². The summed E-state index contributed by atoms with van der Waals surface area (Å²) in [4.78, 5) is 12.4. The number of alkyl halides is 3. The topological polar surface area (TPSA) is 58.6 Å². The number of aromatic hydroxyl groups is 1. The standard InChI is InChI=1S/C22H17ClF3NO3/c23-15-8-9-20(28)18(12-15)21(29)27-16-5-3-6-17(13-16)30-11-10-14-4-1-2-7-19(14)22(24,25)26/h1-9,12-13,28H,10-11H2,(H,27,29). The van der Waals surface area contributed by atoms with Crippen molar-refractivity contribution in [3.63, 3.8) is 0 Å². The summed E-state index contributed by atoms with van der Waals surface area (Å²) >= 11 is 5.85. The van der Waals surface area contributed by atoms with Crippen LogP contribution >= 0.6 is 11.6 Å². The molecule has 0 aromatic heterocycles. The molecule has 3 rings (SSSR count). The van der Waals surface area contributed by atoms with Gasteiger partial charge in [0.05, 0.1) is 17.7 Å². The molecule has 0 aliphatic carbocycles. The van der Waals surface area contributed by atoms with Gasteiger partial charge in [0.2, 0.25) is 0 Å². The van der Waals surface area contributed by atoms with Gasteiger partial charge in [0.15, 0.2) is 0 Å². The fourth-order valence-electron chi connectivity index (χ4n) is 2.85. The molecular weight excluding hydrogens is 419 g/mol. The number of ether oxygens (including phenoxy) is 1. The largest absolute Gasteiger partial charge is 0.507 e. The summed E-state index contributed by atoms with van der Waals surface area (Å²) in [6.07, 6.45) is -4.35. The van der Waals surface area contributed by atoms with E-state index < -0.39 is 17.6 Å². The minimum Gasteiger partial charge on any atom is -0.507 e. The Labute approximate surface area is 175 Å². The predicted octanol–water partition coefficient (Wildman–Crippen LogP) is 5.94. The number of carbonyl (C=O) groups is 1. The van der Waals surface area contributed by atoms with Crippen molar-refractivity contribution in [2.24, 2.45) is 0 Å². The molecule has 0 radical (unpaired) electrons. The van der Waals surface area contributed by atoms with Gasteiger partial charge in [-0.25, -0.2) is 0 Å². The first-order valence-corrected chi connectivity index (χ1v) is 9.29. The van der Waals surface area contributed by atoms with Gasteiger partial charge in [-0.15, -0.1) is 0 Å². The Morgan fingerprint density at radius 2 is 1.80 bits per heavy atom. The summed E-state index contributed by atoms with van der Waals surface area (Å²) in [5.74, 6) is -0.397. The maximum absolute atomic E-state index is 13.1. The van der Waals surface area contributed by atoms with Gasteiger partial charge < -0.3 is 15.2 Å². The lowest BCUT2D eigenvalue weighted by molar-refractivity contribution is -0.138. The van der Waals surface area contributed by atoms with Crippen LogP contribution in [0.2, 0.25) is 5.02 Å². The Hall–Kier alpha value is -3.19. The van der Waals surface area contributed by atoms with Crippen molar-refractivity contribution in [2.45, 2.75) is 12.6 Å². The SMILES string of the molecule is O=C(Nc1cccc(OCCc2ccccc2C(F)(F)F)c1)c1cc(Cl)ccc1O. The first-order valence-electron chi connectivity index (χ1n) is 8.92. The highest BCUT2D eigenvalue weighted by Gasteiger charge is 2.32. The number of amides is 1. The molecule has 1 amide bonds. The number of hydrogen-bond donors (Lipinski definition) is 2. The van der Waals surface area contributed by atoms with Crippen LogP contribution in [0.3, 0.4) is 0 Å². The van der Waals surface area contributed by atoms with Crippen LogP contribution in [-0.4, -0.2) is 17.6 Å².